The second kappa shape index (κ2) is 2.69. The van der Waals surface area contributed by atoms with Gasteiger partial charge >= 0.3 is 11.7 Å². The van der Waals surface area contributed by atoms with Crippen molar-refractivity contribution in [2.75, 3.05) is 0 Å². The van der Waals surface area contributed by atoms with Crippen molar-refractivity contribution in [3.05, 3.63) is 34.4 Å². The highest BCUT2D eigenvalue weighted by Gasteiger charge is 2.07. The lowest BCUT2D eigenvalue weighted by Gasteiger charge is -1.93. The van der Waals surface area contributed by atoms with Gasteiger partial charge in [0.2, 0.25) is 0 Å². The van der Waals surface area contributed by atoms with E-state index in [1.165, 1.54) is 29.8 Å². The zero-order valence-electron chi connectivity index (χ0n) is 7.34. The topological polar surface area (TPSA) is 76.6 Å². The van der Waals surface area contributed by atoms with Gasteiger partial charge in [0.05, 0.1) is 5.56 Å². The molecule has 0 radical (unpaired) electrons. The van der Waals surface area contributed by atoms with Crippen LogP contribution in [0.3, 0.4) is 0 Å². The summed E-state index contributed by atoms with van der Waals surface area (Å²) in [5.41, 5.74) is 0.150. The van der Waals surface area contributed by atoms with Crippen molar-refractivity contribution < 1.29 is 9.90 Å². The second-order valence-electron chi connectivity index (χ2n) is 2.85. The van der Waals surface area contributed by atoms with E-state index in [0.29, 0.717) is 5.65 Å². The van der Waals surface area contributed by atoms with Gasteiger partial charge in [0.25, 0.3) is 0 Å². The standard InChI is InChI=1S/C8H7N3O3/c1-10-8(14)11-3-2-5(7(12)13)4-6(11)9-10/h2-4H,1H3,(H,12,13). The fourth-order valence-corrected chi connectivity index (χ4v) is 1.21. The Labute approximate surface area is 78.0 Å². The molecule has 0 amide bonds. The zero-order chi connectivity index (χ0) is 10.3. The normalized spacial score (nSPS) is 10.6. The van der Waals surface area contributed by atoms with Crippen LogP contribution in [0.2, 0.25) is 0 Å². The Morgan fingerprint density at radius 1 is 1.57 bits per heavy atom. The molecule has 0 fully saturated rings. The minimum Gasteiger partial charge on any atom is -0.478 e. The van der Waals surface area contributed by atoms with E-state index in [2.05, 4.69) is 5.10 Å². The van der Waals surface area contributed by atoms with Crippen molar-refractivity contribution in [2.24, 2.45) is 7.05 Å². The van der Waals surface area contributed by atoms with Crippen LogP contribution < -0.4 is 5.69 Å². The summed E-state index contributed by atoms with van der Waals surface area (Å²) in [6.45, 7) is 0. The van der Waals surface area contributed by atoms with Crippen molar-refractivity contribution >= 4 is 11.6 Å². The molecular formula is C8H7N3O3. The van der Waals surface area contributed by atoms with Crippen LogP contribution in [0.4, 0.5) is 0 Å². The Hall–Kier alpha value is -2.11. The number of rotatable bonds is 1. The van der Waals surface area contributed by atoms with E-state index in [9.17, 15) is 9.59 Å². The largest absolute Gasteiger partial charge is 0.478 e. The summed E-state index contributed by atoms with van der Waals surface area (Å²) in [6, 6.07) is 2.71. The lowest BCUT2D eigenvalue weighted by atomic mass is 10.3. The third kappa shape index (κ3) is 1.08. The number of hydrogen-bond acceptors (Lipinski definition) is 3. The van der Waals surface area contributed by atoms with Gasteiger partial charge in [-0.25, -0.2) is 14.3 Å². The molecule has 0 saturated heterocycles. The number of nitrogens with zero attached hydrogens (tertiary/aromatic N) is 3. The van der Waals surface area contributed by atoms with Gasteiger partial charge in [0.1, 0.15) is 0 Å². The van der Waals surface area contributed by atoms with Crippen LogP contribution in [0, 0.1) is 0 Å². The first-order chi connectivity index (χ1) is 6.59. The van der Waals surface area contributed by atoms with Crippen molar-refractivity contribution in [2.45, 2.75) is 0 Å². The van der Waals surface area contributed by atoms with Gasteiger partial charge in [-0.05, 0) is 12.1 Å². The van der Waals surface area contributed by atoms with Crippen LogP contribution in [0.1, 0.15) is 10.4 Å². The number of hydrogen-bond donors (Lipinski definition) is 1. The Kier molecular flexibility index (Phi) is 1.63. The molecule has 0 aliphatic heterocycles. The summed E-state index contributed by atoms with van der Waals surface area (Å²) in [4.78, 5) is 21.9. The van der Waals surface area contributed by atoms with E-state index in [1.54, 1.807) is 0 Å². The number of fused-ring (bicyclic) bond motifs is 1. The lowest BCUT2D eigenvalue weighted by Crippen LogP contribution is -2.17. The van der Waals surface area contributed by atoms with Crippen LogP contribution in [-0.2, 0) is 7.05 Å². The van der Waals surface area contributed by atoms with E-state index < -0.39 is 5.97 Å². The van der Waals surface area contributed by atoms with Crippen LogP contribution in [0.25, 0.3) is 5.65 Å². The average Bonchev–Trinajstić information content (AvgIpc) is 2.42. The molecular weight excluding hydrogens is 186 g/mol. The second-order valence-corrected chi connectivity index (χ2v) is 2.85. The van der Waals surface area contributed by atoms with Crippen LogP contribution in [-0.4, -0.2) is 25.3 Å². The maximum Gasteiger partial charge on any atom is 0.350 e. The van der Waals surface area contributed by atoms with Crippen molar-refractivity contribution in [1.82, 2.24) is 14.2 Å². The van der Waals surface area contributed by atoms with Gasteiger partial charge in [-0.3, -0.25) is 4.40 Å². The number of aryl methyl sites for hydroxylation is 1. The summed E-state index contributed by atoms with van der Waals surface area (Å²) < 4.78 is 2.44. The number of aromatic carboxylic acids is 1. The molecule has 2 rings (SSSR count). The third-order valence-corrected chi connectivity index (χ3v) is 1.92. The molecule has 0 aliphatic rings. The van der Waals surface area contributed by atoms with Gasteiger partial charge in [-0.1, -0.05) is 0 Å². The molecule has 0 aliphatic carbocycles. The molecule has 0 aromatic carbocycles. The highest BCUT2D eigenvalue weighted by molar-refractivity contribution is 5.88. The van der Waals surface area contributed by atoms with Gasteiger partial charge in [0.15, 0.2) is 5.65 Å². The van der Waals surface area contributed by atoms with E-state index in [0.717, 1.165) is 4.68 Å². The maximum atomic E-state index is 11.3. The first-order valence-electron chi connectivity index (χ1n) is 3.88. The van der Waals surface area contributed by atoms with Gasteiger partial charge in [-0.15, -0.1) is 0 Å². The zero-order valence-corrected chi connectivity index (χ0v) is 7.34. The predicted molar refractivity (Wildman–Crippen MR) is 47.4 cm³/mol. The fourth-order valence-electron chi connectivity index (χ4n) is 1.21. The van der Waals surface area contributed by atoms with Crippen molar-refractivity contribution in [3.8, 4) is 0 Å². The first kappa shape index (κ1) is 8.49. The smallest absolute Gasteiger partial charge is 0.350 e. The van der Waals surface area contributed by atoms with Crippen LogP contribution >= 0.6 is 0 Å². The molecule has 0 saturated carbocycles. The van der Waals surface area contributed by atoms with E-state index >= 15 is 0 Å². The molecule has 0 atom stereocenters. The first-order valence-corrected chi connectivity index (χ1v) is 3.88. The average molecular weight is 193 g/mol. The molecule has 1 N–H and O–H groups in total. The molecule has 72 valence electrons. The van der Waals surface area contributed by atoms with E-state index in [-0.39, 0.29) is 11.3 Å². The maximum absolute atomic E-state index is 11.3. The van der Waals surface area contributed by atoms with Crippen LogP contribution in [0.5, 0.6) is 0 Å². The Morgan fingerprint density at radius 2 is 2.29 bits per heavy atom. The van der Waals surface area contributed by atoms with Gasteiger partial charge in [-0.2, -0.15) is 5.10 Å². The summed E-state index contributed by atoms with van der Waals surface area (Å²) in [5.74, 6) is -1.04. The quantitative estimate of drug-likeness (QED) is 0.676. The van der Waals surface area contributed by atoms with E-state index in [4.69, 9.17) is 5.11 Å². The minimum absolute atomic E-state index is 0.114. The third-order valence-electron chi connectivity index (χ3n) is 1.92. The molecule has 2 heterocycles. The Bertz CT molecular complexity index is 567. The number of carboxylic acids is 1. The van der Waals surface area contributed by atoms with Crippen molar-refractivity contribution in [3.63, 3.8) is 0 Å². The number of pyridine rings is 1. The highest BCUT2D eigenvalue weighted by Crippen LogP contribution is 2.02. The molecule has 2 aromatic heterocycles. The summed E-state index contributed by atoms with van der Waals surface area (Å²) in [6.07, 6.45) is 1.40. The summed E-state index contributed by atoms with van der Waals surface area (Å²) in [5, 5.41) is 12.6. The lowest BCUT2D eigenvalue weighted by molar-refractivity contribution is 0.0697. The molecule has 2 aromatic rings. The Morgan fingerprint density at radius 3 is 2.93 bits per heavy atom. The molecule has 6 heteroatoms. The number of aromatic nitrogens is 3. The molecule has 14 heavy (non-hydrogen) atoms. The van der Waals surface area contributed by atoms with Gasteiger partial charge < -0.3 is 5.11 Å². The number of carboxylic acid groups (broad SMARTS) is 1. The number of carbonyl (C=O) groups is 1. The minimum atomic E-state index is -1.04. The summed E-state index contributed by atoms with van der Waals surface area (Å²) >= 11 is 0. The highest BCUT2D eigenvalue weighted by atomic mass is 16.4. The molecule has 0 spiro atoms. The molecule has 0 bridgehead atoms. The SMILES string of the molecule is Cn1nc2cc(C(=O)O)ccn2c1=O. The summed E-state index contributed by atoms with van der Waals surface area (Å²) in [7, 11) is 1.51. The molecule has 6 nitrogen and oxygen atoms in total. The van der Waals surface area contributed by atoms with Crippen LogP contribution in [0.15, 0.2) is 23.1 Å². The predicted octanol–water partition coefficient (Wildman–Crippen LogP) is -0.269. The Balaban J connectivity index is 2.80. The van der Waals surface area contributed by atoms with E-state index in [1.807, 2.05) is 0 Å². The monoisotopic (exact) mass is 193 g/mol. The van der Waals surface area contributed by atoms with Gasteiger partial charge in [0, 0.05) is 13.2 Å². The fraction of sp³-hybridized carbons (Fsp3) is 0.125. The molecule has 0 unspecified atom stereocenters. The van der Waals surface area contributed by atoms with Crippen molar-refractivity contribution in [1.29, 1.82) is 0 Å².